The zero-order chi connectivity index (χ0) is 12.9. The third-order valence-electron chi connectivity index (χ3n) is 4.58. The van der Waals surface area contributed by atoms with Crippen LogP contribution in [0.2, 0.25) is 0 Å². The predicted octanol–water partition coefficient (Wildman–Crippen LogP) is 3.56. The van der Waals surface area contributed by atoms with Crippen LogP contribution in [0, 0.1) is 11.8 Å². The molecule has 0 aromatic heterocycles. The smallest absolute Gasteiger partial charge is 0.0483 e. The number of likely N-dealkylation sites (tertiary alicyclic amines) is 1. The molecule has 0 amide bonds. The van der Waals surface area contributed by atoms with Crippen LogP contribution in [0.5, 0.6) is 0 Å². The Morgan fingerprint density at radius 2 is 1.82 bits per heavy atom. The standard InChI is InChI=1S/C13H25NO.C2H6/c1-4-14-8-5-12(11(2)3)13(14)6-9-15-10-7-13;1-2/h11-12H,4-10H2,1-3H3;1-2H3. The first-order valence-corrected chi connectivity index (χ1v) is 7.53. The molecule has 0 aromatic rings. The van der Waals surface area contributed by atoms with Crippen LogP contribution >= 0.6 is 0 Å². The number of nitrogens with zero attached hydrogens (tertiary/aromatic N) is 1. The third-order valence-corrected chi connectivity index (χ3v) is 4.58. The van der Waals surface area contributed by atoms with Crippen LogP contribution in [0.3, 0.4) is 0 Å². The van der Waals surface area contributed by atoms with Gasteiger partial charge in [0, 0.05) is 18.8 Å². The molecule has 2 aliphatic rings. The van der Waals surface area contributed by atoms with Crippen molar-refractivity contribution in [1.82, 2.24) is 4.90 Å². The molecule has 0 aliphatic carbocycles. The summed E-state index contributed by atoms with van der Waals surface area (Å²) in [6.07, 6.45) is 3.90. The molecule has 17 heavy (non-hydrogen) atoms. The fraction of sp³-hybridized carbons (Fsp3) is 1.00. The van der Waals surface area contributed by atoms with Crippen molar-refractivity contribution in [3.05, 3.63) is 0 Å². The Kier molecular flexibility index (Phi) is 5.94. The van der Waals surface area contributed by atoms with E-state index in [0.717, 1.165) is 25.0 Å². The summed E-state index contributed by atoms with van der Waals surface area (Å²) in [5.74, 6) is 1.71. The summed E-state index contributed by atoms with van der Waals surface area (Å²) in [6.45, 7) is 15.5. The molecule has 0 N–H and O–H groups in total. The van der Waals surface area contributed by atoms with Crippen LogP contribution in [0.15, 0.2) is 0 Å². The normalized spacial score (nSPS) is 28.2. The van der Waals surface area contributed by atoms with Crippen LogP contribution in [0.25, 0.3) is 0 Å². The molecule has 2 fully saturated rings. The monoisotopic (exact) mass is 241 g/mol. The molecule has 2 rings (SSSR count). The fourth-order valence-corrected chi connectivity index (χ4v) is 3.86. The summed E-state index contributed by atoms with van der Waals surface area (Å²) in [7, 11) is 0. The molecule has 1 unspecified atom stereocenters. The minimum Gasteiger partial charge on any atom is -0.381 e. The molecule has 2 heteroatoms. The van der Waals surface area contributed by atoms with Crippen molar-refractivity contribution in [2.75, 3.05) is 26.3 Å². The summed E-state index contributed by atoms with van der Waals surface area (Å²) >= 11 is 0. The van der Waals surface area contributed by atoms with Crippen molar-refractivity contribution in [2.24, 2.45) is 11.8 Å². The van der Waals surface area contributed by atoms with Crippen LogP contribution < -0.4 is 0 Å². The third kappa shape index (κ3) is 2.85. The Hall–Kier alpha value is -0.0800. The van der Waals surface area contributed by atoms with Gasteiger partial charge in [0.2, 0.25) is 0 Å². The van der Waals surface area contributed by atoms with Crippen LogP contribution in [0.1, 0.15) is 53.9 Å². The highest BCUT2D eigenvalue weighted by Gasteiger charge is 2.49. The van der Waals surface area contributed by atoms with Gasteiger partial charge in [0.05, 0.1) is 0 Å². The number of hydrogen-bond acceptors (Lipinski definition) is 2. The van der Waals surface area contributed by atoms with E-state index in [1.165, 1.54) is 32.4 Å². The zero-order valence-corrected chi connectivity index (χ0v) is 12.5. The van der Waals surface area contributed by atoms with E-state index in [1.54, 1.807) is 0 Å². The summed E-state index contributed by atoms with van der Waals surface area (Å²) < 4.78 is 5.55. The van der Waals surface area contributed by atoms with E-state index in [0.29, 0.717) is 5.54 Å². The quantitative estimate of drug-likeness (QED) is 0.733. The maximum absolute atomic E-state index is 5.55. The van der Waals surface area contributed by atoms with E-state index in [9.17, 15) is 0 Å². The average molecular weight is 241 g/mol. The van der Waals surface area contributed by atoms with Gasteiger partial charge in [-0.15, -0.1) is 0 Å². The number of ether oxygens (including phenoxy) is 1. The van der Waals surface area contributed by atoms with Gasteiger partial charge in [-0.25, -0.2) is 0 Å². The van der Waals surface area contributed by atoms with Gasteiger partial charge in [-0.3, -0.25) is 4.90 Å². The van der Waals surface area contributed by atoms with Gasteiger partial charge < -0.3 is 4.74 Å². The maximum atomic E-state index is 5.55. The first-order chi connectivity index (χ1) is 8.20. The average Bonchev–Trinajstić information content (AvgIpc) is 2.71. The van der Waals surface area contributed by atoms with Gasteiger partial charge in [-0.05, 0) is 44.2 Å². The topological polar surface area (TPSA) is 12.5 Å². The second kappa shape index (κ2) is 6.75. The van der Waals surface area contributed by atoms with Gasteiger partial charge in [0.1, 0.15) is 0 Å². The minimum absolute atomic E-state index is 0.487. The lowest BCUT2D eigenvalue weighted by Crippen LogP contribution is -2.52. The zero-order valence-electron chi connectivity index (χ0n) is 12.5. The van der Waals surface area contributed by atoms with Crippen molar-refractivity contribution in [1.29, 1.82) is 0 Å². The highest BCUT2D eigenvalue weighted by atomic mass is 16.5. The molecule has 0 bridgehead atoms. The molecule has 2 heterocycles. The Morgan fingerprint density at radius 3 is 2.29 bits per heavy atom. The molecule has 0 saturated carbocycles. The molecule has 2 aliphatic heterocycles. The van der Waals surface area contributed by atoms with Crippen LogP contribution in [-0.2, 0) is 4.74 Å². The minimum atomic E-state index is 0.487. The number of hydrogen-bond donors (Lipinski definition) is 0. The Bertz CT molecular complexity index is 209. The molecule has 1 spiro atoms. The van der Waals surface area contributed by atoms with E-state index < -0.39 is 0 Å². The van der Waals surface area contributed by atoms with E-state index in [4.69, 9.17) is 4.74 Å². The largest absolute Gasteiger partial charge is 0.381 e. The lowest BCUT2D eigenvalue weighted by molar-refractivity contribution is -0.0347. The Morgan fingerprint density at radius 1 is 1.24 bits per heavy atom. The Balaban J connectivity index is 0.000000686. The van der Waals surface area contributed by atoms with Crippen molar-refractivity contribution in [3.8, 4) is 0 Å². The summed E-state index contributed by atoms with van der Waals surface area (Å²) in [4.78, 5) is 2.72. The molecule has 2 saturated heterocycles. The molecule has 102 valence electrons. The molecule has 0 radical (unpaired) electrons. The van der Waals surface area contributed by atoms with Crippen molar-refractivity contribution in [3.63, 3.8) is 0 Å². The second-order valence-electron chi connectivity index (χ2n) is 5.43. The van der Waals surface area contributed by atoms with E-state index in [-0.39, 0.29) is 0 Å². The predicted molar refractivity (Wildman–Crippen MR) is 74.3 cm³/mol. The molecule has 2 nitrogen and oxygen atoms in total. The second-order valence-corrected chi connectivity index (χ2v) is 5.43. The van der Waals surface area contributed by atoms with E-state index >= 15 is 0 Å². The van der Waals surface area contributed by atoms with E-state index in [2.05, 4.69) is 25.7 Å². The lowest BCUT2D eigenvalue weighted by Gasteiger charge is -2.46. The molecule has 1 atom stereocenters. The molecule has 0 aromatic carbocycles. The summed E-state index contributed by atoms with van der Waals surface area (Å²) in [5.41, 5.74) is 0.487. The molecular weight excluding hydrogens is 210 g/mol. The van der Waals surface area contributed by atoms with Gasteiger partial charge in [-0.2, -0.15) is 0 Å². The first-order valence-electron chi connectivity index (χ1n) is 7.53. The van der Waals surface area contributed by atoms with Crippen molar-refractivity contribution >= 4 is 0 Å². The van der Waals surface area contributed by atoms with Crippen molar-refractivity contribution < 1.29 is 4.74 Å². The highest BCUT2D eigenvalue weighted by Crippen LogP contribution is 2.45. The lowest BCUT2D eigenvalue weighted by atomic mass is 9.73. The SMILES string of the molecule is CC.CCN1CCC(C(C)C)C12CCOCC2. The molecular formula is C15H31NO. The van der Waals surface area contributed by atoms with Crippen LogP contribution in [-0.4, -0.2) is 36.7 Å². The van der Waals surface area contributed by atoms with Crippen molar-refractivity contribution in [2.45, 2.75) is 59.4 Å². The van der Waals surface area contributed by atoms with E-state index in [1.807, 2.05) is 13.8 Å². The summed E-state index contributed by atoms with van der Waals surface area (Å²) in [5, 5.41) is 0. The van der Waals surface area contributed by atoms with Gasteiger partial charge in [0.25, 0.3) is 0 Å². The maximum Gasteiger partial charge on any atom is 0.0483 e. The fourth-order valence-electron chi connectivity index (χ4n) is 3.86. The summed E-state index contributed by atoms with van der Waals surface area (Å²) in [6, 6.07) is 0. The van der Waals surface area contributed by atoms with Gasteiger partial charge in [0.15, 0.2) is 0 Å². The van der Waals surface area contributed by atoms with Gasteiger partial charge in [-0.1, -0.05) is 34.6 Å². The highest BCUT2D eigenvalue weighted by molar-refractivity contribution is 5.03. The van der Waals surface area contributed by atoms with Gasteiger partial charge >= 0.3 is 0 Å². The Labute approximate surface area is 108 Å². The number of rotatable bonds is 2. The van der Waals surface area contributed by atoms with Crippen LogP contribution in [0.4, 0.5) is 0 Å². The first kappa shape index (κ1) is 15.0.